The number of piperidine rings is 1. The zero-order chi connectivity index (χ0) is 21.0. The van der Waals surface area contributed by atoms with E-state index in [0.717, 1.165) is 5.56 Å². The van der Waals surface area contributed by atoms with Crippen molar-refractivity contribution in [1.82, 2.24) is 5.32 Å². The van der Waals surface area contributed by atoms with E-state index >= 15 is 0 Å². The van der Waals surface area contributed by atoms with Crippen molar-refractivity contribution in [3.05, 3.63) is 108 Å². The van der Waals surface area contributed by atoms with Crippen LogP contribution in [0, 0.1) is 23.7 Å². The van der Waals surface area contributed by atoms with Gasteiger partial charge in [-0.3, -0.25) is 0 Å². The predicted molar refractivity (Wildman–Crippen MR) is 123 cm³/mol. The normalized spacial score (nSPS) is 26.1. The van der Waals surface area contributed by atoms with Crippen LogP contribution in [0.25, 0.3) is 0 Å². The summed E-state index contributed by atoms with van der Waals surface area (Å²) in [5.74, 6) is 6.79. The fourth-order valence-electron chi connectivity index (χ4n) is 4.74. The number of hydrogen-bond acceptors (Lipinski definition) is 2. The van der Waals surface area contributed by atoms with Crippen molar-refractivity contribution in [2.45, 2.75) is 38.0 Å². The monoisotopic (exact) mass is 395 g/mol. The Hall–Kier alpha value is -2.86. The van der Waals surface area contributed by atoms with Crippen molar-refractivity contribution in [1.29, 1.82) is 0 Å². The summed E-state index contributed by atoms with van der Waals surface area (Å²) in [6.07, 6.45) is 0.559. The number of rotatable bonds is 3. The Morgan fingerprint density at radius 3 is 1.93 bits per heavy atom. The van der Waals surface area contributed by atoms with Gasteiger partial charge in [0.1, 0.15) is 5.60 Å². The van der Waals surface area contributed by atoms with Crippen molar-refractivity contribution in [3.8, 4) is 11.8 Å². The van der Waals surface area contributed by atoms with E-state index in [-0.39, 0.29) is 23.9 Å². The van der Waals surface area contributed by atoms with Crippen molar-refractivity contribution in [2.75, 3.05) is 0 Å². The van der Waals surface area contributed by atoms with Crippen molar-refractivity contribution < 1.29 is 5.11 Å². The summed E-state index contributed by atoms with van der Waals surface area (Å²) < 4.78 is 0. The Morgan fingerprint density at radius 2 is 1.37 bits per heavy atom. The molecule has 3 aromatic rings. The van der Waals surface area contributed by atoms with Crippen LogP contribution in [0.3, 0.4) is 0 Å². The second kappa shape index (κ2) is 8.88. The maximum Gasteiger partial charge on any atom is 0.132 e. The molecule has 0 saturated carbocycles. The second-order valence-corrected chi connectivity index (χ2v) is 8.53. The molecule has 1 aliphatic rings. The van der Waals surface area contributed by atoms with E-state index in [1.54, 1.807) is 0 Å². The fraction of sp³-hybridized carbons (Fsp3) is 0.286. The predicted octanol–water partition coefficient (Wildman–Crippen LogP) is 5.52. The quantitative estimate of drug-likeness (QED) is 0.573. The molecule has 2 heteroatoms. The molecule has 0 aromatic heterocycles. The Balaban J connectivity index is 1.79. The van der Waals surface area contributed by atoms with Gasteiger partial charge in [0.25, 0.3) is 0 Å². The van der Waals surface area contributed by atoms with Crippen LogP contribution in [0.2, 0.25) is 0 Å². The van der Waals surface area contributed by atoms with Gasteiger partial charge in [0.2, 0.25) is 0 Å². The molecular weight excluding hydrogens is 366 g/mol. The summed E-state index contributed by atoms with van der Waals surface area (Å²) in [6, 6.07) is 30.8. The molecule has 30 heavy (non-hydrogen) atoms. The Morgan fingerprint density at radius 1 is 0.833 bits per heavy atom. The van der Waals surface area contributed by atoms with Crippen LogP contribution in [0.1, 0.15) is 49.0 Å². The third kappa shape index (κ3) is 4.33. The molecule has 2 nitrogen and oxygen atoms in total. The highest BCUT2D eigenvalue weighted by Gasteiger charge is 2.48. The highest BCUT2D eigenvalue weighted by atomic mass is 16.3. The van der Waals surface area contributed by atoms with Gasteiger partial charge in [0.05, 0.1) is 0 Å². The number of aliphatic hydroxyl groups is 1. The summed E-state index contributed by atoms with van der Waals surface area (Å²) in [5, 5.41) is 15.9. The van der Waals surface area contributed by atoms with Crippen LogP contribution in [0.15, 0.2) is 91.0 Å². The van der Waals surface area contributed by atoms with Gasteiger partial charge in [-0.2, -0.15) is 0 Å². The topological polar surface area (TPSA) is 32.3 Å². The summed E-state index contributed by atoms with van der Waals surface area (Å²) in [5.41, 5.74) is 2.20. The molecule has 1 heterocycles. The number of nitrogens with one attached hydrogen (secondary N) is 1. The van der Waals surface area contributed by atoms with Crippen LogP contribution in [-0.4, -0.2) is 10.7 Å². The summed E-state index contributed by atoms with van der Waals surface area (Å²) in [4.78, 5) is 0. The Kier molecular flexibility index (Phi) is 6.04. The SMILES string of the molecule is CC(C)[C@@H]1[C@@H](c2ccccc2)N[C@@H](c2ccccc2)C[C@@]1(O)C#Cc1ccccc1. The third-order valence-electron chi connectivity index (χ3n) is 6.08. The first kappa shape index (κ1) is 20.4. The second-order valence-electron chi connectivity index (χ2n) is 8.53. The largest absolute Gasteiger partial charge is 0.377 e. The minimum Gasteiger partial charge on any atom is -0.377 e. The summed E-state index contributed by atoms with van der Waals surface area (Å²) in [7, 11) is 0. The van der Waals surface area contributed by atoms with Crippen molar-refractivity contribution in [3.63, 3.8) is 0 Å². The zero-order valence-corrected chi connectivity index (χ0v) is 17.6. The molecule has 0 amide bonds. The van der Waals surface area contributed by atoms with Gasteiger partial charge in [0, 0.05) is 30.0 Å². The lowest BCUT2D eigenvalue weighted by atomic mass is 9.67. The minimum absolute atomic E-state index is 0.0141. The van der Waals surface area contributed by atoms with Crippen molar-refractivity contribution >= 4 is 0 Å². The molecule has 1 saturated heterocycles. The maximum atomic E-state index is 12.0. The van der Waals surface area contributed by atoms with E-state index < -0.39 is 5.60 Å². The molecule has 0 aliphatic carbocycles. The molecule has 1 aliphatic heterocycles. The molecule has 4 rings (SSSR count). The van der Waals surface area contributed by atoms with Crippen LogP contribution in [-0.2, 0) is 0 Å². The van der Waals surface area contributed by atoms with Crippen LogP contribution in [0.4, 0.5) is 0 Å². The maximum absolute atomic E-state index is 12.0. The fourth-order valence-corrected chi connectivity index (χ4v) is 4.74. The lowest BCUT2D eigenvalue weighted by Gasteiger charge is -2.48. The van der Waals surface area contributed by atoms with Gasteiger partial charge >= 0.3 is 0 Å². The van der Waals surface area contributed by atoms with Gasteiger partial charge in [-0.25, -0.2) is 0 Å². The molecular formula is C28H29NO. The molecule has 3 aromatic carbocycles. The minimum atomic E-state index is -1.10. The van der Waals surface area contributed by atoms with Crippen LogP contribution < -0.4 is 5.32 Å². The van der Waals surface area contributed by atoms with E-state index in [1.807, 2.05) is 42.5 Å². The van der Waals surface area contributed by atoms with E-state index in [0.29, 0.717) is 6.42 Å². The molecule has 152 valence electrons. The molecule has 0 bridgehead atoms. The highest BCUT2D eigenvalue weighted by Crippen LogP contribution is 2.46. The average Bonchev–Trinajstić information content (AvgIpc) is 2.79. The first-order valence-corrected chi connectivity index (χ1v) is 10.7. The van der Waals surface area contributed by atoms with Gasteiger partial charge in [-0.05, 0) is 29.2 Å². The standard InChI is InChI=1S/C28H29NO/c1-21(2)26-27(24-16-10-5-11-17-24)29-25(23-14-8-4-9-15-23)20-28(26,30)19-18-22-12-6-3-7-13-22/h3-17,21,25-27,29-30H,20H2,1-2H3/t25-,26-,27-,28+/m1/s1. The number of benzene rings is 3. The highest BCUT2D eigenvalue weighted by molar-refractivity contribution is 5.38. The van der Waals surface area contributed by atoms with Crippen LogP contribution in [0.5, 0.6) is 0 Å². The lowest BCUT2D eigenvalue weighted by molar-refractivity contribution is -0.0478. The summed E-state index contributed by atoms with van der Waals surface area (Å²) in [6.45, 7) is 4.36. The number of hydrogen-bond donors (Lipinski definition) is 2. The van der Waals surface area contributed by atoms with Gasteiger partial charge in [-0.15, -0.1) is 0 Å². The first-order chi connectivity index (χ1) is 14.6. The van der Waals surface area contributed by atoms with E-state index in [1.165, 1.54) is 11.1 Å². The lowest BCUT2D eigenvalue weighted by Crippen LogP contribution is -2.54. The van der Waals surface area contributed by atoms with E-state index in [9.17, 15) is 5.11 Å². The molecule has 0 radical (unpaired) electrons. The molecule has 2 N–H and O–H groups in total. The molecule has 1 fully saturated rings. The third-order valence-corrected chi connectivity index (χ3v) is 6.08. The van der Waals surface area contributed by atoms with E-state index in [2.05, 4.69) is 79.5 Å². The van der Waals surface area contributed by atoms with Crippen LogP contribution >= 0.6 is 0 Å². The average molecular weight is 396 g/mol. The van der Waals surface area contributed by atoms with Gasteiger partial charge in [-0.1, -0.05) is 105 Å². The first-order valence-electron chi connectivity index (χ1n) is 10.7. The van der Waals surface area contributed by atoms with Gasteiger partial charge in [0.15, 0.2) is 0 Å². The smallest absolute Gasteiger partial charge is 0.132 e. The Bertz CT molecular complexity index is 1000. The zero-order valence-electron chi connectivity index (χ0n) is 17.6. The van der Waals surface area contributed by atoms with Gasteiger partial charge < -0.3 is 10.4 Å². The summed E-state index contributed by atoms with van der Waals surface area (Å²) >= 11 is 0. The molecule has 0 spiro atoms. The molecule has 0 unspecified atom stereocenters. The Labute approximate surface area is 180 Å². The van der Waals surface area contributed by atoms with E-state index in [4.69, 9.17) is 0 Å². The van der Waals surface area contributed by atoms with Crippen molar-refractivity contribution in [2.24, 2.45) is 11.8 Å². The molecule has 4 atom stereocenters.